The van der Waals surface area contributed by atoms with Gasteiger partial charge in [-0.15, -0.1) is 0 Å². The van der Waals surface area contributed by atoms with E-state index in [0.29, 0.717) is 16.5 Å². The lowest BCUT2D eigenvalue weighted by Gasteiger charge is -2.31. The molecule has 0 amide bonds. The SMILES string of the molecule is COc1ccc2c(c1)C=C(Cl)N(C)C2C(=O)O. The van der Waals surface area contributed by atoms with Gasteiger partial charge in [0.25, 0.3) is 0 Å². The van der Waals surface area contributed by atoms with Crippen molar-refractivity contribution in [1.82, 2.24) is 4.90 Å². The summed E-state index contributed by atoms with van der Waals surface area (Å²) in [4.78, 5) is 12.8. The fraction of sp³-hybridized carbons (Fsp3) is 0.250. The molecular weight excluding hydrogens is 242 g/mol. The van der Waals surface area contributed by atoms with Crippen molar-refractivity contribution in [2.75, 3.05) is 14.2 Å². The van der Waals surface area contributed by atoms with Crippen molar-refractivity contribution < 1.29 is 14.6 Å². The summed E-state index contributed by atoms with van der Waals surface area (Å²) in [5.41, 5.74) is 1.49. The number of aliphatic carboxylic acids is 1. The predicted octanol–water partition coefficient (Wildman–Crippen LogP) is 2.30. The van der Waals surface area contributed by atoms with Gasteiger partial charge >= 0.3 is 5.97 Å². The number of carboxylic acids is 1. The van der Waals surface area contributed by atoms with Gasteiger partial charge in [-0.1, -0.05) is 17.7 Å². The van der Waals surface area contributed by atoms with Gasteiger partial charge < -0.3 is 14.7 Å². The molecule has 0 radical (unpaired) electrons. The number of fused-ring (bicyclic) bond motifs is 1. The largest absolute Gasteiger partial charge is 0.497 e. The zero-order valence-electron chi connectivity index (χ0n) is 9.48. The highest BCUT2D eigenvalue weighted by Gasteiger charge is 2.31. The molecule has 0 spiro atoms. The number of carboxylic acid groups (broad SMARTS) is 1. The van der Waals surface area contributed by atoms with E-state index in [1.165, 1.54) is 4.90 Å². The highest BCUT2D eigenvalue weighted by molar-refractivity contribution is 6.31. The summed E-state index contributed by atoms with van der Waals surface area (Å²) in [5.74, 6) is -0.247. The molecular formula is C12H12ClNO3. The second-order valence-corrected chi connectivity index (χ2v) is 4.20. The first kappa shape index (κ1) is 11.8. The minimum absolute atomic E-state index is 0.401. The number of methoxy groups -OCH3 is 1. The lowest BCUT2D eigenvalue weighted by Crippen LogP contribution is -2.31. The van der Waals surface area contributed by atoms with Crippen LogP contribution in [0.25, 0.3) is 6.08 Å². The number of hydrogen-bond donors (Lipinski definition) is 1. The predicted molar refractivity (Wildman–Crippen MR) is 65.0 cm³/mol. The summed E-state index contributed by atoms with van der Waals surface area (Å²) in [6.45, 7) is 0. The zero-order chi connectivity index (χ0) is 12.6. The van der Waals surface area contributed by atoms with Crippen LogP contribution in [0.3, 0.4) is 0 Å². The van der Waals surface area contributed by atoms with Crippen molar-refractivity contribution in [2.45, 2.75) is 6.04 Å². The van der Waals surface area contributed by atoms with E-state index in [2.05, 4.69) is 0 Å². The molecule has 1 aliphatic heterocycles. The van der Waals surface area contributed by atoms with E-state index in [-0.39, 0.29) is 0 Å². The molecule has 1 aromatic carbocycles. The summed E-state index contributed by atoms with van der Waals surface area (Å²) in [6.07, 6.45) is 1.73. The Hall–Kier alpha value is -1.68. The third-order valence-corrected chi connectivity index (χ3v) is 3.20. The number of likely N-dealkylation sites (N-methyl/N-ethyl adjacent to an activating group) is 1. The lowest BCUT2D eigenvalue weighted by atomic mass is 9.96. The van der Waals surface area contributed by atoms with Crippen LogP contribution >= 0.6 is 11.6 Å². The van der Waals surface area contributed by atoms with Gasteiger partial charge in [-0.25, -0.2) is 4.79 Å². The third kappa shape index (κ3) is 1.96. The molecule has 0 saturated carbocycles. The van der Waals surface area contributed by atoms with Crippen LogP contribution in [0.5, 0.6) is 5.75 Å². The number of nitrogens with zero attached hydrogens (tertiary/aromatic N) is 1. The first-order chi connectivity index (χ1) is 8.04. The smallest absolute Gasteiger partial charge is 0.331 e. The van der Waals surface area contributed by atoms with Crippen LogP contribution in [-0.2, 0) is 4.79 Å². The van der Waals surface area contributed by atoms with Gasteiger partial charge in [0.2, 0.25) is 0 Å². The molecule has 17 heavy (non-hydrogen) atoms. The highest BCUT2D eigenvalue weighted by Crippen LogP contribution is 2.36. The Morgan fingerprint density at radius 2 is 2.24 bits per heavy atom. The average Bonchev–Trinajstić information content (AvgIpc) is 2.29. The van der Waals surface area contributed by atoms with Gasteiger partial charge in [-0.05, 0) is 29.3 Å². The van der Waals surface area contributed by atoms with E-state index < -0.39 is 12.0 Å². The van der Waals surface area contributed by atoms with Gasteiger partial charge in [0.1, 0.15) is 10.9 Å². The molecule has 1 unspecified atom stereocenters. The second-order valence-electron chi connectivity index (χ2n) is 3.81. The number of carbonyl (C=O) groups is 1. The van der Waals surface area contributed by atoms with Gasteiger partial charge in [-0.2, -0.15) is 0 Å². The quantitative estimate of drug-likeness (QED) is 0.822. The topological polar surface area (TPSA) is 49.8 Å². The average molecular weight is 254 g/mol. The number of ether oxygens (including phenoxy) is 1. The Morgan fingerprint density at radius 3 is 2.82 bits per heavy atom. The van der Waals surface area contributed by atoms with Crippen molar-refractivity contribution in [3.63, 3.8) is 0 Å². The number of rotatable bonds is 2. The molecule has 0 bridgehead atoms. The van der Waals surface area contributed by atoms with Crippen molar-refractivity contribution in [2.24, 2.45) is 0 Å². The van der Waals surface area contributed by atoms with Crippen LogP contribution in [0.1, 0.15) is 17.2 Å². The van der Waals surface area contributed by atoms with Crippen LogP contribution in [0, 0.1) is 0 Å². The number of hydrogen-bond acceptors (Lipinski definition) is 3. The van der Waals surface area contributed by atoms with Crippen molar-refractivity contribution in [3.05, 3.63) is 34.5 Å². The molecule has 1 aliphatic rings. The van der Waals surface area contributed by atoms with E-state index in [1.54, 1.807) is 38.4 Å². The molecule has 2 rings (SSSR count). The summed E-state index contributed by atoms with van der Waals surface area (Å²) < 4.78 is 5.10. The Labute approximate surface area is 104 Å². The van der Waals surface area contributed by atoms with Crippen LogP contribution in [0.2, 0.25) is 0 Å². The van der Waals surface area contributed by atoms with E-state index in [9.17, 15) is 9.90 Å². The van der Waals surface area contributed by atoms with Crippen molar-refractivity contribution in [3.8, 4) is 5.75 Å². The molecule has 1 N–H and O–H groups in total. The van der Waals surface area contributed by atoms with E-state index in [4.69, 9.17) is 16.3 Å². The Bertz CT molecular complexity index is 499. The van der Waals surface area contributed by atoms with E-state index >= 15 is 0 Å². The van der Waals surface area contributed by atoms with Gasteiger partial charge in [0.05, 0.1) is 7.11 Å². The lowest BCUT2D eigenvalue weighted by molar-refractivity contribution is -0.142. The molecule has 1 heterocycles. The first-order valence-electron chi connectivity index (χ1n) is 5.05. The fourth-order valence-corrected chi connectivity index (χ4v) is 2.13. The number of benzene rings is 1. The zero-order valence-corrected chi connectivity index (χ0v) is 10.2. The van der Waals surface area contributed by atoms with Gasteiger partial charge in [0, 0.05) is 7.05 Å². The van der Waals surface area contributed by atoms with Crippen molar-refractivity contribution in [1.29, 1.82) is 0 Å². The molecule has 5 heteroatoms. The highest BCUT2D eigenvalue weighted by atomic mass is 35.5. The first-order valence-corrected chi connectivity index (χ1v) is 5.43. The second kappa shape index (κ2) is 4.30. The van der Waals surface area contributed by atoms with Crippen LogP contribution in [0.15, 0.2) is 23.4 Å². The minimum Gasteiger partial charge on any atom is -0.497 e. The van der Waals surface area contributed by atoms with Gasteiger partial charge in [-0.3, -0.25) is 0 Å². The standard InChI is InChI=1S/C12H12ClNO3/c1-14-10(13)6-7-5-8(17-2)3-4-9(7)11(14)12(15)16/h3-6,11H,1-2H3,(H,15,16). The maximum absolute atomic E-state index is 11.3. The molecule has 0 aromatic heterocycles. The Balaban J connectivity index is 2.57. The maximum atomic E-state index is 11.3. The summed E-state index contributed by atoms with van der Waals surface area (Å²) in [6, 6.07) is 4.52. The van der Waals surface area contributed by atoms with Crippen molar-refractivity contribution >= 4 is 23.6 Å². The van der Waals surface area contributed by atoms with Crippen LogP contribution in [0.4, 0.5) is 0 Å². The summed E-state index contributed by atoms with van der Waals surface area (Å²) in [7, 11) is 3.22. The molecule has 0 aliphatic carbocycles. The van der Waals surface area contributed by atoms with E-state index in [0.717, 1.165) is 5.56 Å². The summed E-state index contributed by atoms with van der Waals surface area (Å²) in [5, 5.41) is 9.64. The number of halogens is 1. The van der Waals surface area contributed by atoms with Crippen LogP contribution in [-0.4, -0.2) is 30.1 Å². The molecule has 0 saturated heterocycles. The molecule has 4 nitrogen and oxygen atoms in total. The van der Waals surface area contributed by atoms with Gasteiger partial charge in [0.15, 0.2) is 6.04 Å². The normalized spacial score (nSPS) is 18.4. The molecule has 1 atom stereocenters. The summed E-state index contributed by atoms with van der Waals surface area (Å²) >= 11 is 6.01. The Kier molecular flexibility index (Phi) is 2.98. The van der Waals surface area contributed by atoms with Crippen LogP contribution < -0.4 is 4.74 Å². The molecule has 90 valence electrons. The Morgan fingerprint density at radius 1 is 1.53 bits per heavy atom. The third-order valence-electron chi connectivity index (χ3n) is 2.82. The van der Waals surface area contributed by atoms with E-state index in [1.807, 2.05) is 0 Å². The fourth-order valence-electron chi connectivity index (χ4n) is 1.91. The monoisotopic (exact) mass is 253 g/mol. The minimum atomic E-state index is -0.926. The molecule has 1 aromatic rings. The maximum Gasteiger partial charge on any atom is 0.331 e. The molecule has 0 fully saturated rings.